The van der Waals surface area contributed by atoms with Crippen molar-refractivity contribution in [2.75, 3.05) is 44.8 Å². The lowest BCUT2D eigenvalue weighted by molar-refractivity contribution is -0.115. The minimum atomic E-state index is -3.72. The molecule has 0 spiro atoms. The highest BCUT2D eigenvalue weighted by molar-refractivity contribution is 7.89. The van der Waals surface area contributed by atoms with E-state index in [0.717, 1.165) is 5.56 Å². The van der Waals surface area contributed by atoms with E-state index in [1.807, 2.05) is 13.8 Å². The molecule has 2 aromatic carbocycles. The van der Waals surface area contributed by atoms with Crippen molar-refractivity contribution in [2.24, 2.45) is 0 Å². The summed E-state index contributed by atoms with van der Waals surface area (Å²) in [4.78, 5) is 12.9. The van der Waals surface area contributed by atoms with Gasteiger partial charge in [0.25, 0.3) is 0 Å². The van der Waals surface area contributed by atoms with Gasteiger partial charge in [-0.25, -0.2) is 8.42 Å². The van der Waals surface area contributed by atoms with Crippen LogP contribution < -0.4 is 19.5 Å². The number of rotatable bonds is 7. The van der Waals surface area contributed by atoms with Crippen molar-refractivity contribution in [2.45, 2.75) is 31.3 Å². The molecule has 1 amide bonds. The van der Waals surface area contributed by atoms with E-state index in [1.165, 1.54) is 16.4 Å². The smallest absolute Gasteiger partial charge is 0.243 e. The third-order valence-electron chi connectivity index (χ3n) is 5.17. The van der Waals surface area contributed by atoms with Crippen LogP contribution in [0, 0.1) is 0 Å². The SMILES string of the molecule is CC(C)Oc1ccc(S(=O)(=O)N2CCOCC2)cc1NC(=O)Cc1ccc2c(c1)OCCO2. The molecule has 1 saturated heterocycles. The second kappa shape index (κ2) is 9.98. The molecule has 33 heavy (non-hydrogen) atoms. The zero-order valence-corrected chi connectivity index (χ0v) is 19.5. The van der Waals surface area contributed by atoms with Gasteiger partial charge < -0.3 is 24.3 Å². The fraction of sp³-hybridized carbons (Fsp3) is 0.435. The number of nitrogens with one attached hydrogen (secondary N) is 1. The van der Waals surface area contributed by atoms with E-state index in [-0.39, 0.29) is 23.3 Å². The van der Waals surface area contributed by atoms with Gasteiger partial charge in [0, 0.05) is 13.1 Å². The number of ether oxygens (including phenoxy) is 4. The summed E-state index contributed by atoms with van der Waals surface area (Å²) in [5.41, 5.74) is 1.06. The predicted octanol–water partition coefficient (Wildman–Crippen LogP) is 2.45. The first-order valence-corrected chi connectivity index (χ1v) is 12.3. The van der Waals surface area contributed by atoms with Crippen LogP contribution in [0.2, 0.25) is 0 Å². The molecule has 2 aliphatic rings. The normalized spacial score (nSPS) is 16.5. The Morgan fingerprint density at radius 3 is 2.48 bits per heavy atom. The largest absolute Gasteiger partial charge is 0.489 e. The van der Waals surface area contributed by atoms with Crippen LogP contribution in [-0.2, 0) is 26.0 Å². The van der Waals surface area contributed by atoms with Crippen molar-refractivity contribution in [3.05, 3.63) is 42.0 Å². The number of carbonyl (C=O) groups is 1. The summed E-state index contributed by atoms with van der Waals surface area (Å²) < 4.78 is 49.7. The molecule has 178 valence electrons. The number of amides is 1. The maximum atomic E-state index is 13.1. The number of carbonyl (C=O) groups excluding carboxylic acids is 1. The lowest BCUT2D eigenvalue weighted by atomic mass is 10.1. The number of benzene rings is 2. The third kappa shape index (κ3) is 5.58. The number of fused-ring (bicyclic) bond motifs is 1. The van der Waals surface area contributed by atoms with E-state index in [2.05, 4.69) is 5.32 Å². The zero-order chi connectivity index (χ0) is 23.4. The fourth-order valence-electron chi connectivity index (χ4n) is 3.64. The number of hydrogen-bond acceptors (Lipinski definition) is 7. The lowest BCUT2D eigenvalue weighted by Gasteiger charge is -2.26. The van der Waals surface area contributed by atoms with E-state index in [9.17, 15) is 13.2 Å². The summed E-state index contributed by atoms with van der Waals surface area (Å²) in [6.07, 6.45) is -0.0711. The molecule has 4 rings (SSSR count). The zero-order valence-electron chi connectivity index (χ0n) is 18.7. The Morgan fingerprint density at radius 1 is 1.03 bits per heavy atom. The van der Waals surface area contributed by atoms with Crippen LogP contribution in [0.15, 0.2) is 41.3 Å². The molecule has 1 fully saturated rings. The second-order valence-corrected chi connectivity index (χ2v) is 9.98. The number of morpholine rings is 1. The van der Waals surface area contributed by atoms with Gasteiger partial charge in [-0.05, 0) is 49.7 Å². The monoisotopic (exact) mass is 476 g/mol. The van der Waals surface area contributed by atoms with Crippen LogP contribution in [0.3, 0.4) is 0 Å². The molecular weight excluding hydrogens is 448 g/mol. The molecule has 0 bridgehead atoms. The first kappa shape index (κ1) is 23.3. The van der Waals surface area contributed by atoms with Gasteiger partial charge in [0.15, 0.2) is 11.5 Å². The first-order chi connectivity index (χ1) is 15.8. The summed E-state index contributed by atoms with van der Waals surface area (Å²) in [6, 6.07) is 9.88. The van der Waals surface area contributed by atoms with Gasteiger partial charge in [-0.15, -0.1) is 0 Å². The minimum absolute atomic E-state index is 0.0815. The van der Waals surface area contributed by atoms with Gasteiger partial charge in [-0.3, -0.25) is 4.79 Å². The van der Waals surface area contributed by atoms with Gasteiger partial charge in [0.1, 0.15) is 19.0 Å². The number of anilines is 1. The third-order valence-corrected chi connectivity index (χ3v) is 7.06. The Kier molecular flexibility index (Phi) is 7.06. The van der Waals surface area contributed by atoms with E-state index < -0.39 is 10.0 Å². The number of nitrogens with zero attached hydrogens (tertiary/aromatic N) is 1. The molecule has 2 aromatic rings. The summed E-state index contributed by atoms with van der Waals surface area (Å²) in [5, 5.41) is 2.82. The molecule has 0 unspecified atom stereocenters. The molecule has 0 aromatic heterocycles. The topological polar surface area (TPSA) is 103 Å². The van der Waals surface area contributed by atoms with Crippen molar-refractivity contribution in [3.8, 4) is 17.2 Å². The first-order valence-electron chi connectivity index (χ1n) is 10.9. The number of sulfonamides is 1. The summed E-state index contributed by atoms with van der Waals surface area (Å²) in [5.74, 6) is 1.36. The van der Waals surface area contributed by atoms with Gasteiger partial charge >= 0.3 is 0 Å². The average molecular weight is 477 g/mol. The maximum Gasteiger partial charge on any atom is 0.243 e. The maximum absolute atomic E-state index is 13.1. The van der Waals surface area contributed by atoms with Gasteiger partial charge in [0.05, 0.1) is 36.3 Å². The molecule has 10 heteroatoms. The van der Waals surface area contributed by atoms with Crippen LogP contribution in [0.4, 0.5) is 5.69 Å². The van der Waals surface area contributed by atoms with E-state index in [1.54, 1.807) is 24.3 Å². The quantitative estimate of drug-likeness (QED) is 0.655. The van der Waals surface area contributed by atoms with Gasteiger partial charge in [-0.2, -0.15) is 4.31 Å². The highest BCUT2D eigenvalue weighted by Crippen LogP contribution is 2.32. The van der Waals surface area contributed by atoms with E-state index in [4.69, 9.17) is 18.9 Å². The predicted molar refractivity (Wildman–Crippen MR) is 122 cm³/mol. The van der Waals surface area contributed by atoms with Crippen molar-refractivity contribution in [1.29, 1.82) is 0 Å². The van der Waals surface area contributed by atoms with Crippen LogP contribution in [0.1, 0.15) is 19.4 Å². The molecule has 0 atom stereocenters. The van der Waals surface area contributed by atoms with Gasteiger partial charge in [-0.1, -0.05) is 6.07 Å². The van der Waals surface area contributed by atoms with Crippen molar-refractivity contribution in [3.63, 3.8) is 0 Å². The molecule has 0 radical (unpaired) electrons. The lowest BCUT2D eigenvalue weighted by Crippen LogP contribution is -2.40. The average Bonchev–Trinajstić information content (AvgIpc) is 2.80. The number of hydrogen-bond donors (Lipinski definition) is 1. The Balaban J connectivity index is 1.55. The van der Waals surface area contributed by atoms with Crippen molar-refractivity contribution >= 4 is 21.6 Å². The van der Waals surface area contributed by atoms with Crippen LogP contribution >= 0.6 is 0 Å². The second-order valence-electron chi connectivity index (χ2n) is 8.04. The van der Waals surface area contributed by atoms with Crippen LogP contribution in [-0.4, -0.2) is 64.3 Å². The standard InChI is InChI=1S/C23H28N2O7S/c1-16(2)32-20-6-4-18(33(27,28)25-7-9-29-10-8-25)15-19(20)24-23(26)14-17-3-5-21-22(13-17)31-12-11-30-21/h3-6,13,15-16H,7-12,14H2,1-2H3,(H,24,26). The Hall–Kier alpha value is -2.82. The molecule has 2 heterocycles. The Bertz CT molecular complexity index is 1110. The highest BCUT2D eigenvalue weighted by Gasteiger charge is 2.27. The molecular formula is C23H28N2O7S. The van der Waals surface area contributed by atoms with E-state index in [0.29, 0.717) is 62.5 Å². The van der Waals surface area contributed by atoms with Crippen LogP contribution in [0.5, 0.6) is 17.2 Å². The summed E-state index contributed by atoms with van der Waals surface area (Å²) >= 11 is 0. The van der Waals surface area contributed by atoms with Crippen molar-refractivity contribution < 1.29 is 32.2 Å². The molecule has 0 aliphatic carbocycles. The molecule has 9 nitrogen and oxygen atoms in total. The van der Waals surface area contributed by atoms with Gasteiger partial charge in [0.2, 0.25) is 15.9 Å². The summed E-state index contributed by atoms with van der Waals surface area (Å²) in [6.45, 7) is 5.97. The highest BCUT2D eigenvalue weighted by atomic mass is 32.2. The summed E-state index contributed by atoms with van der Waals surface area (Å²) in [7, 11) is -3.72. The Morgan fingerprint density at radius 2 is 1.76 bits per heavy atom. The molecule has 1 N–H and O–H groups in total. The fourth-order valence-corrected chi connectivity index (χ4v) is 5.07. The molecule has 2 aliphatic heterocycles. The van der Waals surface area contributed by atoms with Crippen molar-refractivity contribution in [1.82, 2.24) is 4.31 Å². The van der Waals surface area contributed by atoms with Crippen LogP contribution in [0.25, 0.3) is 0 Å². The van der Waals surface area contributed by atoms with E-state index >= 15 is 0 Å². The Labute approximate surface area is 193 Å². The minimum Gasteiger partial charge on any atom is -0.489 e. The molecule has 0 saturated carbocycles.